The average Bonchev–Trinajstić information content (AvgIpc) is 2.80. The van der Waals surface area contributed by atoms with Crippen LogP contribution in [-0.2, 0) is 6.42 Å². The van der Waals surface area contributed by atoms with Crippen LogP contribution in [0.1, 0.15) is 18.7 Å². The third-order valence-electron chi connectivity index (χ3n) is 2.76. The highest BCUT2D eigenvalue weighted by Gasteiger charge is 2.31. The van der Waals surface area contributed by atoms with Gasteiger partial charge in [0.25, 0.3) is 0 Å². The van der Waals surface area contributed by atoms with Gasteiger partial charge in [0, 0.05) is 0 Å². The third-order valence-corrected chi connectivity index (χ3v) is 3.63. The van der Waals surface area contributed by atoms with E-state index in [0.717, 1.165) is 17.7 Å². The molecule has 0 saturated heterocycles. The highest BCUT2D eigenvalue weighted by Crippen LogP contribution is 2.34. The first-order valence-corrected chi connectivity index (χ1v) is 6.25. The van der Waals surface area contributed by atoms with E-state index in [1.165, 1.54) is 0 Å². The monoisotopic (exact) mass is 236 g/mol. The van der Waals surface area contributed by atoms with Crippen LogP contribution in [0.5, 0.6) is 0 Å². The van der Waals surface area contributed by atoms with E-state index < -0.39 is 0 Å². The number of rotatable bonds is 4. The first-order chi connectivity index (χ1) is 7.83. The normalized spacial score (nSPS) is 17.6. The Kier molecular flexibility index (Phi) is 2.49. The topological polar surface area (TPSA) is 59.2 Å². The Morgan fingerprint density at radius 2 is 2.44 bits per heavy atom. The van der Waals surface area contributed by atoms with Gasteiger partial charge in [-0.15, -0.1) is 11.3 Å². The summed E-state index contributed by atoms with van der Waals surface area (Å²) in [6.07, 6.45) is 2.39. The first-order valence-electron chi connectivity index (χ1n) is 5.37. The Bertz CT molecular complexity index is 462. The molecule has 0 amide bonds. The molecule has 5 heteroatoms. The summed E-state index contributed by atoms with van der Waals surface area (Å²) in [7, 11) is 0. The van der Waals surface area contributed by atoms with Gasteiger partial charge < -0.3 is 9.63 Å². The largest absolute Gasteiger partial charge is 0.392 e. The molecule has 1 aliphatic carbocycles. The second kappa shape index (κ2) is 3.99. The third kappa shape index (κ3) is 2.01. The summed E-state index contributed by atoms with van der Waals surface area (Å²) in [5, 5.41) is 15.6. The van der Waals surface area contributed by atoms with Gasteiger partial charge in [0.2, 0.25) is 11.7 Å². The molecule has 0 bridgehead atoms. The van der Waals surface area contributed by atoms with E-state index in [1.54, 1.807) is 11.3 Å². The molecule has 2 aromatic rings. The van der Waals surface area contributed by atoms with Crippen molar-refractivity contribution in [2.45, 2.75) is 25.4 Å². The van der Waals surface area contributed by atoms with Crippen LogP contribution in [0.15, 0.2) is 22.0 Å². The maximum absolute atomic E-state index is 9.76. The summed E-state index contributed by atoms with van der Waals surface area (Å²) in [6.45, 7) is 0. The molecule has 1 atom stereocenters. The van der Waals surface area contributed by atoms with E-state index in [0.29, 0.717) is 24.1 Å². The molecule has 0 spiro atoms. The zero-order valence-corrected chi connectivity index (χ0v) is 9.48. The Labute approximate surface area is 96.9 Å². The lowest BCUT2D eigenvalue weighted by Crippen LogP contribution is -2.12. The fraction of sp³-hybridized carbons (Fsp3) is 0.455. The summed E-state index contributed by atoms with van der Waals surface area (Å²) in [6, 6.07) is 3.91. The number of hydrogen-bond acceptors (Lipinski definition) is 5. The zero-order chi connectivity index (χ0) is 11.0. The minimum atomic E-state index is -0.323. The van der Waals surface area contributed by atoms with Crippen LogP contribution in [0.2, 0.25) is 0 Å². The molecule has 0 radical (unpaired) electrons. The fourth-order valence-electron chi connectivity index (χ4n) is 1.67. The Hall–Kier alpha value is -1.20. The number of aromatic nitrogens is 2. The minimum Gasteiger partial charge on any atom is -0.392 e. The number of thiophene rings is 1. The lowest BCUT2D eigenvalue weighted by molar-refractivity contribution is 0.140. The molecule has 0 aromatic carbocycles. The van der Waals surface area contributed by atoms with Crippen molar-refractivity contribution in [1.82, 2.24) is 10.1 Å². The molecular weight excluding hydrogens is 224 g/mol. The van der Waals surface area contributed by atoms with E-state index >= 15 is 0 Å². The summed E-state index contributed by atoms with van der Waals surface area (Å²) in [4.78, 5) is 5.27. The maximum atomic E-state index is 9.76. The molecule has 16 heavy (non-hydrogen) atoms. The second-order valence-electron chi connectivity index (χ2n) is 4.10. The first kappa shape index (κ1) is 9.99. The summed E-state index contributed by atoms with van der Waals surface area (Å²) < 4.78 is 5.12. The van der Waals surface area contributed by atoms with Crippen LogP contribution in [0.25, 0.3) is 10.7 Å². The molecular formula is C11H12N2O2S. The number of aliphatic hydroxyl groups is 1. The molecule has 1 N–H and O–H groups in total. The van der Waals surface area contributed by atoms with E-state index in [9.17, 15) is 5.11 Å². The standard InChI is InChI=1S/C11H12N2O2S/c14-8(7-3-4-7)6-10-12-11(13-15-10)9-2-1-5-16-9/h1-2,5,7-8,14H,3-4,6H2. The van der Waals surface area contributed by atoms with Crippen molar-refractivity contribution in [3.8, 4) is 10.7 Å². The number of aliphatic hydroxyl groups excluding tert-OH is 1. The second-order valence-corrected chi connectivity index (χ2v) is 5.05. The molecule has 84 valence electrons. The van der Waals surface area contributed by atoms with Crippen molar-refractivity contribution >= 4 is 11.3 Å². The quantitative estimate of drug-likeness (QED) is 0.883. The Morgan fingerprint density at radius 1 is 1.56 bits per heavy atom. The van der Waals surface area contributed by atoms with E-state index in [-0.39, 0.29) is 6.10 Å². The number of hydrogen-bond donors (Lipinski definition) is 1. The van der Waals surface area contributed by atoms with Crippen LogP contribution in [0.3, 0.4) is 0 Å². The van der Waals surface area contributed by atoms with E-state index in [2.05, 4.69) is 10.1 Å². The predicted molar refractivity (Wildman–Crippen MR) is 60.0 cm³/mol. The Balaban J connectivity index is 1.72. The van der Waals surface area contributed by atoms with E-state index in [1.807, 2.05) is 17.5 Å². The molecule has 2 heterocycles. The lowest BCUT2D eigenvalue weighted by atomic mass is 10.2. The van der Waals surface area contributed by atoms with Gasteiger partial charge in [-0.25, -0.2) is 0 Å². The SMILES string of the molecule is OC(Cc1nc(-c2cccs2)no1)C1CC1. The van der Waals surface area contributed by atoms with Gasteiger partial charge in [-0.3, -0.25) is 0 Å². The smallest absolute Gasteiger partial charge is 0.229 e. The summed E-state index contributed by atoms with van der Waals surface area (Å²) >= 11 is 1.58. The molecule has 3 rings (SSSR count). The van der Waals surface area contributed by atoms with Gasteiger partial charge >= 0.3 is 0 Å². The van der Waals surface area contributed by atoms with Gasteiger partial charge in [-0.2, -0.15) is 4.98 Å². The molecule has 0 aliphatic heterocycles. The average molecular weight is 236 g/mol. The van der Waals surface area contributed by atoms with Crippen LogP contribution >= 0.6 is 11.3 Å². The molecule has 4 nitrogen and oxygen atoms in total. The van der Waals surface area contributed by atoms with Crippen LogP contribution in [0, 0.1) is 5.92 Å². The molecule has 1 aliphatic rings. The zero-order valence-electron chi connectivity index (χ0n) is 8.67. The van der Waals surface area contributed by atoms with Crippen molar-refractivity contribution in [3.05, 3.63) is 23.4 Å². The van der Waals surface area contributed by atoms with Crippen LogP contribution in [0.4, 0.5) is 0 Å². The fourth-order valence-corrected chi connectivity index (χ4v) is 2.32. The lowest BCUT2D eigenvalue weighted by Gasteiger charge is -2.03. The molecule has 1 fully saturated rings. The number of nitrogens with zero attached hydrogens (tertiary/aromatic N) is 2. The highest BCUT2D eigenvalue weighted by atomic mass is 32.1. The Morgan fingerprint density at radius 3 is 3.12 bits per heavy atom. The maximum Gasteiger partial charge on any atom is 0.229 e. The van der Waals surface area contributed by atoms with Crippen LogP contribution < -0.4 is 0 Å². The molecule has 2 aromatic heterocycles. The van der Waals surface area contributed by atoms with Crippen LogP contribution in [-0.4, -0.2) is 21.4 Å². The summed E-state index contributed by atoms with van der Waals surface area (Å²) in [5.41, 5.74) is 0. The minimum absolute atomic E-state index is 0.323. The molecule has 1 saturated carbocycles. The van der Waals surface area contributed by atoms with Crippen molar-refractivity contribution in [2.24, 2.45) is 5.92 Å². The van der Waals surface area contributed by atoms with Crippen molar-refractivity contribution in [3.63, 3.8) is 0 Å². The highest BCUT2D eigenvalue weighted by molar-refractivity contribution is 7.13. The predicted octanol–water partition coefficient (Wildman–Crippen LogP) is 2.11. The van der Waals surface area contributed by atoms with Gasteiger partial charge in [-0.1, -0.05) is 11.2 Å². The van der Waals surface area contributed by atoms with Gasteiger partial charge in [0.15, 0.2) is 0 Å². The van der Waals surface area contributed by atoms with Crippen molar-refractivity contribution in [2.75, 3.05) is 0 Å². The van der Waals surface area contributed by atoms with Gasteiger partial charge in [0.1, 0.15) is 0 Å². The van der Waals surface area contributed by atoms with E-state index in [4.69, 9.17) is 4.52 Å². The van der Waals surface area contributed by atoms with Gasteiger partial charge in [-0.05, 0) is 30.2 Å². The van der Waals surface area contributed by atoms with Crippen molar-refractivity contribution < 1.29 is 9.63 Å². The van der Waals surface area contributed by atoms with Crippen molar-refractivity contribution in [1.29, 1.82) is 0 Å². The summed E-state index contributed by atoms with van der Waals surface area (Å²) in [5.74, 6) is 1.59. The van der Waals surface area contributed by atoms with Gasteiger partial charge in [0.05, 0.1) is 17.4 Å². The molecule has 1 unspecified atom stereocenters.